The number of aliphatic hydroxyl groups is 1. The minimum atomic E-state index is -0.714. The molecule has 0 spiro atoms. The number of carbonyl (C=O) groups excluding carboxylic acids is 2. The van der Waals surface area contributed by atoms with Gasteiger partial charge < -0.3 is 15.2 Å². The smallest absolute Gasteiger partial charge is 0.338 e. The van der Waals surface area contributed by atoms with E-state index in [0.717, 1.165) is 5.56 Å². The Labute approximate surface area is 133 Å². The summed E-state index contributed by atoms with van der Waals surface area (Å²) in [6, 6.07) is 15.9. The first-order valence-corrected chi connectivity index (χ1v) is 6.91. The molecule has 0 bridgehead atoms. The highest BCUT2D eigenvalue weighted by atomic mass is 16.5. The first kappa shape index (κ1) is 16.3. The van der Waals surface area contributed by atoms with Gasteiger partial charge in [0.2, 0.25) is 0 Å². The SMILES string of the molecule is O=C(CO)NNC(=O)Nc1ccccc1OCc1ccccc1. The highest BCUT2D eigenvalue weighted by molar-refractivity contribution is 5.92. The van der Waals surface area contributed by atoms with Crippen molar-refractivity contribution < 1.29 is 19.4 Å². The normalized spacial score (nSPS) is 9.78. The van der Waals surface area contributed by atoms with Crippen LogP contribution >= 0.6 is 0 Å². The molecule has 2 rings (SSSR count). The van der Waals surface area contributed by atoms with E-state index in [1.165, 1.54) is 0 Å². The number of urea groups is 1. The largest absolute Gasteiger partial charge is 0.487 e. The number of benzene rings is 2. The molecule has 3 amide bonds. The molecule has 2 aromatic carbocycles. The van der Waals surface area contributed by atoms with Crippen LogP contribution < -0.4 is 20.9 Å². The molecule has 0 saturated carbocycles. The molecule has 0 atom stereocenters. The van der Waals surface area contributed by atoms with Gasteiger partial charge in [-0.25, -0.2) is 10.2 Å². The van der Waals surface area contributed by atoms with Crippen LogP contribution in [0.3, 0.4) is 0 Å². The van der Waals surface area contributed by atoms with Gasteiger partial charge in [-0.3, -0.25) is 10.2 Å². The predicted molar refractivity (Wildman–Crippen MR) is 84.6 cm³/mol. The summed E-state index contributed by atoms with van der Waals surface area (Å²) in [6.45, 7) is -0.348. The first-order valence-electron chi connectivity index (χ1n) is 6.91. The number of hydrazine groups is 1. The van der Waals surface area contributed by atoms with Gasteiger partial charge in [-0.2, -0.15) is 0 Å². The lowest BCUT2D eigenvalue weighted by atomic mass is 10.2. The van der Waals surface area contributed by atoms with Crippen LogP contribution in [0.5, 0.6) is 5.75 Å². The highest BCUT2D eigenvalue weighted by Crippen LogP contribution is 2.24. The molecule has 7 heteroatoms. The third-order valence-electron chi connectivity index (χ3n) is 2.83. The molecular weight excluding hydrogens is 298 g/mol. The van der Waals surface area contributed by atoms with Gasteiger partial charge in [0.15, 0.2) is 0 Å². The van der Waals surface area contributed by atoms with E-state index in [0.29, 0.717) is 18.0 Å². The fourth-order valence-electron chi connectivity index (χ4n) is 1.75. The molecule has 0 radical (unpaired) electrons. The van der Waals surface area contributed by atoms with Crippen LogP contribution in [0.2, 0.25) is 0 Å². The maximum Gasteiger partial charge on any atom is 0.338 e. The zero-order valence-electron chi connectivity index (χ0n) is 12.3. The Balaban J connectivity index is 1.94. The topological polar surface area (TPSA) is 99.7 Å². The Morgan fingerprint density at radius 1 is 0.957 bits per heavy atom. The van der Waals surface area contributed by atoms with Crippen LogP contribution in [0.15, 0.2) is 54.6 Å². The van der Waals surface area contributed by atoms with Gasteiger partial charge in [-0.05, 0) is 17.7 Å². The van der Waals surface area contributed by atoms with Crippen LogP contribution in [0.1, 0.15) is 5.56 Å². The van der Waals surface area contributed by atoms with Crippen molar-refractivity contribution in [3.05, 3.63) is 60.2 Å². The molecule has 7 nitrogen and oxygen atoms in total. The molecule has 0 aromatic heterocycles. The van der Waals surface area contributed by atoms with Crippen molar-refractivity contribution in [3.8, 4) is 5.75 Å². The van der Waals surface area contributed by atoms with Gasteiger partial charge in [0.05, 0.1) is 5.69 Å². The molecule has 120 valence electrons. The summed E-state index contributed by atoms with van der Waals surface area (Å²) < 4.78 is 5.70. The molecule has 4 N–H and O–H groups in total. The van der Waals surface area contributed by atoms with Crippen molar-refractivity contribution >= 4 is 17.6 Å². The quantitative estimate of drug-likeness (QED) is 0.627. The summed E-state index contributed by atoms with van der Waals surface area (Å²) in [4.78, 5) is 22.6. The maximum atomic E-state index is 11.7. The fraction of sp³-hybridized carbons (Fsp3) is 0.125. The van der Waals surface area contributed by atoms with E-state index < -0.39 is 18.5 Å². The molecule has 0 fully saturated rings. The van der Waals surface area contributed by atoms with E-state index in [2.05, 4.69) is 10.7 Å². The number of nitrogens with one attached hydrogen (secondary N) is 3. The Morgan fingerprint density at radius 3 is 2.39 bits per heavy atom. The molecule has 2 aromatic rings. The zero-order chi connectivity index (χ0) is 16.5. The summed E-state index contributed by atoms with van der Waals surface area (Å²) in [7, 11) is 0. The maximum absolute atomic E-state index is 11.7. The zero-order valence-corrected chi connectivity index (χ0v) is 12.3. The number of hydrogen-bond acceptors (Lipinski definition) is 4. The van der Waals surface area contributed by atoms with Gasteiger partial charge in [0, 0.05) is 0 Å². The lowest BCUT2D eigenvalue weighted by molar-refractivity contribution is -0.124. The molecule has 0 aliphatic carbocycles. The number of para-hydroxylation sites is 2. The summed E-state index contributed by atoms with van der Waals surface area (Å²) in [5.41, 5.74) is 5.61. The second kappa shape index (κ2) is 8.40. The van der Waals surface area contributed by atoms with E-state index in [-0.39, 0.29) is 0 Å². The lowest BCUT2D eigenvalue weighted by Gasteiger charge is -2.13. The number of amides is 3. The van der Waals surface area contributed by atoms with Crippen LogP contribution in [0.4, 0.5) is 10.5 Å². The van der Waals surface area contributed by atoms with Gasteiger partial charge in [-0.1, -0.05) is 42.5 Å². The molecule has 0 aliphatic heterocycles. The fourth-order valence-corrected chi connectivity index (χ4v) is 1.75. The number of hydrogen-bond donors (Lipinski definition) is 4. The van der Waals surface area contributed by atoms with Crippen LogP contribution in [-0.2, 0) is 11.4 Å². The monoisotopic (exact) mass is 315 g/mol. The van der Waals surface area contributed by atoms with Gasteiger partial charge >= 0.3 is 6.03 Å². The van der Waals surface area contributed by atoms with E-state index in [4.69, 9.17) is 9.84 Å². The van der Waals surface area contributed by atoms with Crippen LogP contribution in [0, 0.1) is 0 Å². The summed E-state index contributed by atoms with van der Waals surface area (Å²) in [5.74, 6) is -0.214. The Hall–Kier alpha value is -3.06. The van der Waals surface area contributed by atoms with Gasteiger partial charge in [0.1, 0.15) is 19.0 Å². The predicted octanol–water partition coefficient (Wildman–Crippen LogP) is 1.41. The minimum absolute atomic E-state index is 0.363. The Morgan fingerprint density at radius 2 is 1.65 bits per heavy atom. The molecular formula is C16H17N3O4. The van der Waals surface area contributed by atoms with Gasteiger partial charge in [0.25, 0.3) is 5.91 Å². The second-order valence-electron chi connectivity index (χ2n) is 4.56. The number of anilines is 1. The standard InChI is InChI=1S/C16H17N3O4/c20-10-15(21)18-19-16(22)17-13-8-4-5-9-14(13)23-11-12-6-2-1-3-7-12/h1-9,20H,10-11H2,(H,18,21)(H2,17,19,22). The number of carbonyl (C=O) groups is 2. The molecule has 23 heavy (non-hydrogen) atoms. The second-order valence-corrected chi connectivity index (χ2v) is 4.56. The molecule has 0 unspecified atom stereocenters. The third kappa shape index (κ3) is 5.33. The lowest BCUT2D eigenvalue weighted by Crippen LogP contribution is -2.45. The van der Waals surface area contributed by atoms with E-state index >= 15 is 0 Å². The average molecular weight is 315 g/mol. The number of ether oxygens (including phenoxy) is 1. The minimum Gasteiger partial charge on any atom is -0.487 e. The van der Waals surface area contributed by atoms with Crippen molar-refractivity contribution in [2.45, 2.75) is 6.61 Å². The Kier molecular flexibility index (Phi) is 5.96. The number of rotatable bonds is 5. The molecule has 0 heterocycles. The summed E-state index contributed by atoms with van der Waals surface area (Å²) in [6.07, 6.45) is 0. The van der Waals surface area contributed by atoms with E-state index in [1.54, 1.807) is 24.3 Å². The van der Waals surface area contributed by atoms with E-state index in [9.17, 15) is 9.59 Å². The van der Waals surface area contributed by atoms with Crippen molar-refractivity contribution in [1.29, 1.82) is 0 Å². The molecule has 0 saturated heterocycles. The van der Waals surface area contributed by atoms with Crippen molar-refractivity contribution in [1.82, 2.24) is 10.9 Å². The number of aliphatic hydroxyl groups excluding tert-OH is 1. The highest BCUT2D eigenvalue weighted by Gasteiger charge is 2.08. The van der Waals surface area contributed by atoms with Crippen molar-refractivity contribution in [2.24, 2.45) is 0 Å². The van der Waals surface area contributed by atoms with Crippen molar-refractivity contribution in [2.75, 3.05) is 11.9 Å². The van der Waals surface area contributed by atoms with Crippen LogP contribution in [-0.4, -0.2) is 23.7 Å². The molecule has 0 aliphatic rings. The van der Waals surface area contributed by atoms with Crippen molar-refractivity contribution in [3.63, 3.8) is 0 Å². The van der Waals surface area contributed by atoms with Gasteiger partial charge in [-0.15, -0.1) is 0 Å². The Bertz CT molecular complexity index is 661. The summed E-state index contributed by atoms with van der Waals surface area (Å²) >= 11 is 0. The average Bonchev–Trinajstić information content (AvgIpc) is 2.59. The summed E-state index contributed by atoms with van der Waals surface area (Å²) in [5, 5.41) is 11.1. The van der Waals surface area contributed by atoms with Crippen LogP contribution in [0.25, 0.3) is 0 Å². The van der Waals surface area contributed by atoms with E-state index in [1.807, 2.05) is 35.8 Å². The first-order chi connectivity index (χ1) is 11.2. The third-order valence-corrected chi connectivity index (χ3v) is 2.83.